The Bertz CT molecular complexity index is 358. The Kier molecular flexibility index (Phi) is 5.49. The van der Waals surface area contributed by atoms with E-state index in [9.17, 15) is 0 Å². The van der Waals surface area contributed by atoms with Crippen LogP contribution < -0.4 is 0 Å². The van der Waals surface area contributed by atoms with E-state index >= 15 is 0 Å². The largest absolute Gasteiger partial charge is 0.142 e. The zero-order valence-electron chi connectivity index (χ0n) is 10.4. The molecule has 0 bridgehead atoms. The van der Waals surface area contributed by atoms with Crippen molar-refractivity contribution in [3.63, 3.8) is 0 Å². The molecule has 1 atom stereocenters. The van der Waals surface area contributed by atoms with Gasteiger partial charge in [0, 0.05) is 5.56 Å². The number of benzene rings is 1. The zero-order chi connectivity index (χ0) is 11.9. The summed E-state index contributed by atoms with van der Waals surface area (Å²) in [6.45, 7) is 6.67. The van der Waals surface area contributed by atoms with E-state index in [-0.39, 0.29) is 4.75 Å². The monoisotopic (exact) mass is 232 g/mol. The van der Waals surface area contributed by atoms with Crippen molar-refractivity contribution in [2.75, 3.05) is 5.75 Å². The summed E-state index contributed by atoms with van der Waals surface area (Å²) in [4.78, 5) is 0. The number of thioether (sulfide) groups is 1. The Labute approximate surface area is 104 Å². The molecule has 0 radical (unpaired) electrons. The number of hydrogen-bond donors (Lipinski definition) is 0. The fraction of sp³-hybridized carbons (Fsp3) is 0.467. The molecule has 0 saturated carbocycles. The van der Waals surface area contributed by atoms with Gasteiger partial charge in [-0.25, -0.2) is 0 Å². The average Bonchev–Trinajstić information content (AvgIpc) is 2.35. The predicted octanol–water partition coefficient (Wildman–Crippen LogP) is 4.35. The number of hydrogen-bond acceptors (Lipinski definition) is 1. The van der Waals surface area contributed by atoms with Gasteiger partial charge >= 0.3 is 0 Å². The van der Waals surface area contributed by atoms with Gasteiger partial charge < -0.3 is 0 Å². The molecule has 1 aromatic rings. The fourth-order valence-corrected chi connectivity index (χ4v) is 2.26. The number of rotatable bonds is 4. The maximum atomic E-state index is 3.41. The third kappa shape index (κ3) is 4.33. The molecule has 0 spiro atoms. The van der Waals surface area contributed by atoms with Crippen molar-refractivity contribution in [2.24, 2.45) is 0 Å². The normalized spacial score (nSPS) is 13.7. The van der Waals surface area contributed by atoms with Crippen molar-refractivity contribution in [3.8, 4) is 11.8 Å². The Balaban J connectivity index is 2.73. The molecule has 0 saturated heterocycles. The smallest absolute Gasteiger partial charge is 0.0738 e. The molecule has 0 aliphatic carbocycles. The van der Waals surface area contributed by atoms with Crippen molar-refractivity contribution in [1.82, 2.24) is 0 Å². The zero-order valence-corrected chi connectivity index (χ0v) is 11.2. The van der Waals surface area contributed by atoms with Gasteiger partial charge in [0.2, 0.25) is 0 Å². The van der Waals surface area contributed by atoms with Crippen LogP contribution in [0.4, 0.5) is 0 Å². The highest BCUT2D eigenvalue weighted by Crippen LogP contribution is 2.28. The molecular weight excluding hydrogens is 212 g/mol. The first-order valence-corrected chi connectivity index (χ1v) is 6.91. The van der Waals surface area contributed by atoms with Crippen molar-refractivity contribution >= 4 is 11.8 Å². The molecule has 0 heterocycles. The second kappa shape index (κ2) is 6.66. The lowest BCUT2D eigenvalue weighted by molar-refractivity contribution is 0.777. The lowest BCUT2D eigenvalue weighted by Gasteiger charge is -2.20. The van der Waals surface area contributed by atoms with E-state index in [1.165, 1.54) is 12.2 Å². The maximum absolute atomic E-state index is 3.41. The molecule has 1 heteroatoms. The Morgan fingerprint density at radius 2 is 1.88 bits per heavy atom. The third-order valence-corrected chi connectivity index (χ3v) is 4.18. The molecule has 0 N–H and O–H groups in total. The molecule has 0 aromatic heterocycles. The summed E-state index contributed by atoms with van der Waals surface area (Å²) >= 11 is 1.97. The molecule has 0 fully saturated rings. The molecule has 86 valence electrons. The van der Waals surface area contributed by atoms with Crippen LogP contribution >= 0.6 is 11.8 Å². The van der Waals surface area contributed by atoms with Crippen LogP contribution in [0.3, 0.4) is 0 Å². The van der Waals surface area contributed by atoms with Gasteiger partial charge in [0.15, 0.2) is 0 Å². The topological polar surface area (TPSA) is 0 Å². The van der Waals surface area contributed by atoms with E-state index in [0.717, 1.165) is 12.0 Å². The minimum absolute atomic E-state index is 0.103. The highest BCUT2D eigenvalue weighted by Gasteiger charge is 2.18. The SMILES string of the molecule is CCCSC(C)(C#Cc1ccccc1)CC. The van der Waals surface area contributed by atoms with Crippen LogP contribution in [0.25, 0.3) is 0 Å². The minimum Gasteiger partial charge on any atom is -0.142 e. The molecule has 0 aliphatic rings. The summed E-state index contributed by atoms with van der Waals surface area (Å²) < 4.78 is 0.103. The van der Waals surface area contributed by atoms with Crippen LogP contribution in [-0.4, -0.2) is 10.5 Å². The van der Waals surface area contributed by atoms with Crippen molar-refractivity contribution < 1.29 is 0 Å². The first-order valence-electron chi connectivity index (χ1n) is 5.92. The minimum atomic E-state index is 0.103. The molecule has 0 amide bonds. The van der Waals surface area contributed by atoms with Crippen LogP contribution in [0.2, 0.25) is 0 Å². The quantitative estimate of drug-likeness (QED) is 0.695. The van der Waals surface area contributed by atoms with Gasteiger partial charge in [-0.05, 0) is 37.7 Å². The van der Waals surface area contributed by atoms with Crippen molar-refractivity contribution in [3.05, 3.63) is 35.9 Å². The van der Waals surface area contributed by atoms with Gasteiger partial charge in [0.05, 0.1) is 4.75 Å². The maximum Gasteiger partial charge on any atom is 0.0738 e. The molecule has 1 unspecified atom stereocenters. The van der Waals surface area contributed by atoms with E-state index in [2.05, 4.69) is 44.7 Å². The summed E-state index contributed by atoms with van der Waals surface area (Å²) in [5.74, 6) is 7.87. The highest BCUT2D eigenvalue weighted by molar-refractivity contribution is 8.00. The molecule has 1 rings (SSSR count). The van der Waals surface area contributed by atoms with E-state index in [0.29, 0.717) is 0 Å². The van der Waals surface area contributed by atoms with E-state index in [1.807, 2.05) is 30.0 Å². The Morgan fingerprint density at radius 3 is 2.44 bits per heavy atom. The first-order chi connectivity index (χ1) is 7.70. The molecule has 0 aliphatic heterocycles. The average molecular weight is 232 g/mol. The molecular formula is C15H20S. The summed E-state index contributed by atoms with van der Waals surface area (Å²) in [5, 5.41) is 0. The highest BCUT2D eigenvalue weighted by atomic mass is 32.2. The molecule has 0 nitrogen and oxygen atoms in total. The fourth-order valence-electron chi connectivity index (χ4n) is 1.28. The van der Waals surface area contributed by atoms with Crippen LogP contribution in [0.15, 0.2) is 30.3 Å². The molecule has 1 aromatic carbocycles. The summed E-state index contributed by atoms with van der Waals surface area (Å²) in [6.07, 6.45) is 2.31. The van der Waals surface area contributed by atoms with Gasteiger partial charge in [-0.3, -0.25) is 0 Å². The first kappa shape index (κ1) is 13.2. The standard InChI is InChI=1S/C15H20S/c1-4-13-16-15(3,5-2)12-11-14-9-7-6-8-10-14/h6-10H,4-5,13H2,1-3H3. The second-order valence-electron chi connectivity index (χ2n) is 4.05. The predicted molar refractivity (Wildman–Crippen MR) is 74.8 cm³/mol. The van der Waals surface area contributed by atoms with Crippen molar-refractivity contribution in [1.29, 1.82) is 0 Å². The van der Waals surface area contributed by atoms with Crippen LogP contribution in [0, 0.1) is 11.8 Å². The second-order valence-corrected chi connectivity index (χ2v) is 5.65. The van der Waals surface area contributed by atoms with Gasteiger partial charge in [-0.1, -0.05) is 43.9 Å². The Morgan fingerprint density at radius 1 is 1.19 bits per heavy atom. The van der Waals surface area contributed by atoms with E-state index < -0.39 is 0 Å². The van der Waals surface area contributed by atoms with Gasteiger partial charge in [-0.2, -0.15) is 0 Å². The third-order valence-electron chi connectivity index (χ3n) is 2.54. The summed E-state index contributed by atoms with van der Waals surface area (Å²) in [7, 11) is 0. The Hall–Kier alpha value is -0.870. The molecule has 16 heavy (non-hydrogen) atoms. The van der Waals surface area contributed by atoms with E-state index in [4.69, 9.17) is 0 Å². The lowest BCUT2D eigenvalue weighted by atomic mass is 10.1. The van der Waals surface area contributed by atoms with Gasteiger partial charge in [0.1, 0.15) is 0 Å². The van der Waals surface area contributed by atoms with Crippen LogP contribution in [0.5, 0.6) is 0 Å². The van der Waals surface area contributed by atoms with Crippen LogP contribution in [0.1, 0.15) is 39.2 Å². The van der Waals surface area contributed by atoms with E-state index in [1.54, 1.807) is 0 Å². The van der Waals surface area contributed by atoms with Gasteiger partial charge in [0.25, 0.3) is 0 Å². The summed E-state index contributed by atoms with van der Waals surface area (Å²) in [6, 6.07) is 10.2. The lowest BCUT2D eigenvalue weighted by Crippen LogP contribution is -2.16. The summed E-state index contributed by atoms with van der Waals surface area (Å²) in [5.41, 5.74) is 1.11. The van der Waals surface area contributed by atoms with Crippen molar-refractivity contribution in [2.45, 2.75) is 38.4 Å². The van der Waals surface area contributed by atoms with Crippen LogP contribution in [-0.2, 0) is 0 Å². The van der Waals surface area contributed by atoms with Gasteiger partial charge in [-0.15, -0.1) is 11.8 Å².